The smallest absolute Gasteiger partial charge is 0.251 e. The van der Waals surface area contributed by atoms with Gasteiger partial charge in [-0.2, -0.15) is 0 Å². The topological polar surface area (TPSA) is 72.7 Å². The van der Waals surface area contributed by atoms with Gasteiger partial charge in [-0.25, -0.2) is 4.68 Å². The van der Waals surface area contributed by atoms with E-state index in [9.17, 15) is 4.79 Å². The number of nitrogens with zero attached hydrogens (tertiary/aromatic N) is 4. The van der Waals surface area contributed by atoms with Crippen LogP contribution in [0.4, 0.5) is 0 Å². The number of nitrogens with one attached hydrogen (secondary N) is 1. The van der Waals surface area contributed by atoms with Gasteiger partial charge in [0.2, 0.25) is 0 Å². The number of amides is 1. The Labute approximate surface area is 105 Å². The summed E-state index contributed by atoms with van der Waals surface area (Å²) in [4.78, 5) is 12.0. The average molecular weight is 245 g/mol. The maximum Gasteiger partial charge on any atom is 0.251 e. The van der Waals surface area contributed by atoms with E-state index >= 15 is 0 Å². The molecule has 0 fully saturated rings. The second-order valence-corrected chi connectivity index (χ2v) is 4.09. The van der Waals surface area contributed by atoms with Gasteiger partial charge in [0.05, 0.1) is 5.69 Å². The molecule has 1 amide bonds. The molecule has 6 heteroatoms. The molecule has 0 spiro atoms. The van der Waals surface area contributed by atoms with E-state index in [0.29, 0.717) is 5.56 Å². The molecule has 1 heterocycles. The van der Waals surface area contributed by atoms with Crippen LogP contribution in [0.5, 0.6) is 0 Å². The van der Waals surface area contributed by atoms with Crippen molar-refractivity contribution in [3.05, 3.63) is 36.2 Å². The molecule has 1 aromatic carbocycles. The van der Waals surface area contributed by atoms with Gasteiger partial charge in [-0.15, -0.1) is 5.10 Å². The minimum atomic E-state index is -0.0840. The Morgan fingerprint density at radius 2 is 2.33 bits per heavy atom. The number of benzene rings is 1. The molecule has 0 saturated carbocycles. The van der Waals surface area contributed by atoms with Gasteiger partial charge < -0.3 is 5.32 Å². The molecule has 0 unspecified atom stereocenters. The molecule has 6 nitrogen and oxygen atoms in total. The van der Waals surface area contributed by atoms with E-state index in [0.717, 1.165) is 12.1 Å². The Morgan fingerprint density at radius 1 is 1.50 bits per heavy atom. The van der Waals surface area contributed by atoms with Gasteiger partial charge in [0, 0.05) is 11.6 Å². The largest absolute Gasteiger partial charge is 0.350 e. The average Bonchev–Trinajstić information content (AvgIpc) is 2.92. The SMILES string of the molecule is CC[C@H](C)NC(=O)c1cccc(-n2cnnn2)c1. The number of tetrazole rings is 1. The normalized spacial score (nSPS) is 12.1. The van der Waals surface area contributed by atoms with Gasteiger partial charge in [-0.1, -0.05) is 13.0 Å². The lowest BCUT2D eigenvalue weighted by Gasteiger charge is -2.11. The molecule has 0 saturated heterocycles. The number of aromatic nitrogens is 4. The van der Waals surface area contributed by atoms with Crippen LogP contribution in [0.2, 0.25) is 0 Å². The van der Waals surface area contributed by atoms with Gasteiger partial charge in [0.1, 0.15) is 6.33 Å². The van der Waals surface area contributed by atoms with Crippen molar-refractivity contribution in [2.45, 2.75) is 26.3 Å². The van der Waals surface area contributed by atoms with Crippen LogP contribution < -0.4 is 5.32 Å². The zero-order valence-electron chi connectivity index (χ0n) is 10.4. The summed E-state index contributed by atoms with van der Waals surface area (Å²) in [6.07, 6.45) is 2.39. The van der Waals surface area contributed by atoms with Crippen LogP contribution in [0.25, 0.3) is 5.69 Å². The van der Waals surface area contributed by atoms with Crippen molar-refractivity contribution in [2.24, 2.45) is 0 Å². The highest BCUT2D eigenvalue weighted by molar-refractivity contribution is 5.94. The maximum atomic E-state index is 12.0. The zero-order chi connectivity index (χ0) is 13.0. The zero-order valence-corrected chi connectivity index (χ0v) is 10.4. The number of hydrogen-bond acceptors (Lipinski definition) is 4. The lowest BCUT2D eigenvalue weighted by molar-refractivity contribution is 0.0939. The lowest BCUT2D eigenvalue weighted by atomic mass is 10.1. The van der Waals surface area contributed by atoms with Crippen molar-refractivity contribution >= 4 is 5.91 Å². The van der Waals surface area contributed by atoms with Gasteiger partial charge in [-0.05, 0) is 42.0 Å². The third-order valence-electron chi connectivity index (χ3n) is 2.71. The summed E-state index contributed by atoms with van der Waals surface area (Å²) < 4.78 is 1.51. The second kappa shape index (κ2) is 5.39. The van der Waals surface area contributed by atoms with Gasteiger partial charge in [-0.3, -0.25) is 4.79 Å². The van der Waals surface area contributed by atoms with E-state index in [1.807, 2.05) is 26.0 Å². The molecule has 0 aliphatic carbocycles. The van der Waals surface area contributed by atoms with Crippen molar-refractivity contribution in [2.75, 3.05) is 0 Å². The molecule has 0 bridgehead atoms. The highest BCUT2D eigenvalue weighted by Crippen LogP contribution is 2.09. The predicted octanol–water partition coefficient (Wildman–Crippen LogP) is 1.19. The van der Waals surface area contributed by atoms with E-state index in [4.69, 9.17) is 0 Å². The van der Waals surface area contributed by atoms with Crippen molar-refractivity contribution in [3.8, 4) is 5.69 Å². The van der Waals surface area contributed by atoms with Crippen molar-refractivity contribution < 1.29 is 4.79 Å². The number of carbonyl (C=O) groups is 1. The first-order valence-electron chi connectivity index (χ1n) is 5.85. The Hall–Kier alpha value is -2.24. The summed E-state index contributed by atoms with van der Waals surface area (Å²) in [5.74, 6) is -0.0840. The molecule has 1 aromatic heterocycles. The first-order chi connectivity index (χ1) is 8.70. The monoisotopic (exact) mass is 245 g/mol. The van der Waals surface area contributed by atoms with Crippen LogP contribution in [0.15, 0.2) is 30.6 Å². The fourth-order valence-corrected chi connectivity index (χ4v) is 1.48. The molecule has 2 aromatic rings. The fraction of sp³-hybridized carbons (Fsp3) is 0.333. The third kappa shape index (κ3) is 2.71. The molecule has 94 valence electrons. The summed E-state index contributed by atoms with van der Waals surface area (Å²) >= 11 is 0. The van der Waals surface area contributed by atoms with Crippen LogP contribution in [0.1, 0.15) is 30.6 Å². The molecule has 0 aliphatic rings. The molecule has 2 rings (SSSR count). The van der Waals surface area contributed by atoms with Gasteiger partial charge >= 0.3 is 0 Å². The standard InChI is InChI=1S/C12H15N5O/c1-3-9(2)14-12(18)10-5-4-6-11(7-10)17-8-13-15-16-17/h4-9H,3H2,1-2H3,(H,14,18)/t9-/m0/s1. The molecule has 1 N–H and O–H groups in total. The van der Waals surface area contributed by atoms with E-state index in [1.54, 1.807) is 12.1 Å². The molecule has 1 atom stereocenters. The lowest BCUT2D eigenvalue weighted by Crippen LogP contribution is -2.31. The molecular formula is C12H15N5O. The van der Waals surface area contributed by atoms with E-state index < -0.39 is 0 Å². The first kappa shape index (κ1) is 12.2. The summed E-state index contributed by atoms with van der Waals surface area (Å²) in [6, 6.07) is 7.34. The van der Waals surface area contributed by atoms with Crippen LogP contribution in [-0.4, -0.2) is 32.2 Å². The van der Waals surface area contributed by atoms with E-state index in [-0.39, 0.29) is 11.9 Å². The number of carbonyl (C=O) groups excluding carboxylic acids is 1. The summed E-state index contributed by atoms with van der Waals surface area (Å²) in [6.45, 7) is 4.01. The van der Waals surface area contributed by atoms with E-state index in [2.05, 4.69) is 20.8 Å². The second-order valence-electron chi connectivity index (χ2n) is 4.09. The predicted molar refractivity (Wildman–Crippen MR) is 66.4 cm³/mol. The Kier molecular flexibility index (Phi) is 3.66. The maximum absolute atomic E-state index is 12.0. The third-order valence-corrected chi connectivity index (χ3v) is 2.71. The molecule has 18 heavy (non-hydrogen) atoms. The number of hydrogen-bond donors (Lipinski definition) is 1. The number of rotatable bonds is 4. The molecule has 0 aliphatic heterocycles. The Bertz CT molecular complexity index is 523. The van der Waals surface area contributed by atoms with Crippen LogP contribution in [0.3, 0.4) is 0 Å². The minimum absolute atomic E-state index is 0.0840. The fourth-order valence-electron chi connectivity index (χ4n) is 1.48. The Balaban J connectivity index is 2.20. The highest BCUT2D eigenvalue weighted by atomic mass is 16.1. The molecular weight excluding hydrogens is 230 g/mol. The highest BCUT2D eigenvalue weighted by Gasteiger charge is 2.09. The van der Waals surface area contributed by atoms with Gasteiger partial charge in [0.15, 0.2) is 0 Å². The van der Waals surface area contributed by atoms with Crippen LogP contribution in [0, 0.1) is 0 Å². The summed E-state index contributed by atoms with van der Waals surface area (Å²) in [7, 11) is 0. The van der Waals surface area contributed by atoms with Crippen LogP contribution >= 0.6 is 0 Å². The van der Waals surface area contributed by atoms with Crippen LogP contribution in [-0.2, 0) is 0 Å². The van der Waals surface area contributed by atoms with Crippen molar-refractivity contribution in [3.63, 3.8) is 0 Å². The minimum Gasteiger partial charge on any atom is -0.350 e. The molecule has 0 radical (unpaired) electrons. The first-order valence-corrected chi connectivity index (χ1v) is 5.85. The van der Waals surface area contributed by atoms with E-state index in [1.165, 1.54) is 11.0 Å². The Morgan fingerprint density at radius 3 is 3.00 bits per heavy atom. The van der Waals surface area contributed by atoms with Crippen molar-refractivity contribution in [1.29, 1.82) is 0 Å². The van der Waals surface area contributed by atoms with Crippen molar-refractivity contribution in [1.82, 2.24) is 25.5 Å². The summed E-state index contributed by atoms with van der Waals surface area (Å²) in [5, 5.41) is 13.8. The summed E-state index contributed by atoms with van der Waals surface area (Å²) in [5.41, 5.74) is 1.36. The quantitative estimate of drug-likeness (QED) is 0.878. The van der Waals surface area contributed by atoms with Gasteiger partial charge in [0.25, 0.3) is 5.91 Å².